The molecule has 23 heavy (non-hydrogen) atoms. The minimum Gasteiger partial charge on any atom is -0.306 e. The molecule has 3 nitrogen and oxygen atoms in total. The fourth-order valence-corrected chi connectivity index (χ4v) is 2.99. The maximum absolute atomic E-state index is 12.9. The van der Waals surface area contributed by atoms with Gasteiger partial charge in [0.05, 0.1) is 16.5 Å². The molecule has 0 unspecified atom stereocenters. The molecule has 1 aromatic heterocycles. The first kappa shape index (κ1) is 16.2. The number of hydrogen-bond donors (Lipinski definition) is 1. The predicted molar refractivity (Wildman–Crippen MR) is 88.2 cm³/mol. The zero-order valence-corrected chi connectivity index (χ0v) is 14.4. The lowest BCUT2D eigenvalue weighted by atomic mass is 10.1. The monoisotopic (exact) mass is 446 g/mol. The van der Waals surface area contributed by atoms with Gasteiger partial charge >= 0.3 is 6.18 Å². The van der Waals surface area contributed by atoms with E-state index in [1.54, 1.807) is 18.2 Å². The molecule has 0 amide bonds. The Morgan fingerprint density at radius 1 is 1.00 bits per heavy atom. The van der Waals surface area contributed by atoms with Crippen LogP contribution < -0.4 is 5.56 Å². The van der Waals surface area contributed by atoms with E-state index in [9.17, 15) is 18.0 Å². The highest BCUT2D eigenvalue weighted by Crippen LogP contribution is 2.34. The van der Waals surface area contributed by atoms with Crippen LogP contribution in [0.5, 0.6) is 0 Å². The van der Waals surface area contributed by atoms with Crippen LogP contribution >= 0.6 is 31.9 Å². The number of H-pyrrole nitrogens is 1. The predicted octanol–water partition coefficient (Wildman–Crippen LogP) is 5.13. The van der Waals surface area contributed by atoms with Gasteiger partial charge in [-0.2, -0.15) is 13.2 Å². The zero-order valence-electron chi connectivity index (χ0n) is 11.2. The van der Waals surface area contributed by atoms with Crippen LogP contribution in [-0.4, -0.2) is 9.97 Å². The molecule has 0 spiro atoms. The van der Waals surface area contributed by atoms with Gasteiger partial charge in [0.25, 0.3) is 5.56 Å². The SMILES string of the molecule is O=c1[nH]c(-c2cc(Br)cc(C(F)(F)F)c2)nc2ccc(Br)cc12. The highest BCUT2D eigenvalue weighted by molar-refractivity contribution is 9.10. The van der Waals surface area contributed by atoms with Crippen molar-refractivity contribution in [3.05, 3.63) is 61.3 Å². The molecule has 1 heterocycles. The second-order valence-corrected chi connectivity index (χ2v) is 6.63. The summed E-state index contributed by atoms with van der Waals surface area (Å²) in [5, 5.41) is 0.356. The van der Waals surface area contributed by atoms with E-state index in [4.69, 9.17) is 0 Å². The van der Waals surface area contributed by atoms with Crippen molar-refractivity contribution >= 4 is 42.8 Å². The Balaban J connectivity index is 2.23. The molecule has 0 bridgehead atoms. The van der Waals surface area contributed by atoms with Crippen LogP contribution in [0, 0.1) is 0 Å². The lowest BCUT2D eigenvalue weighted by Gasteiger charge is -2.10. The molecule has 0 aliphatic rings. The number of halogens is 5. The topological polar surface area (TPSA) is 45.8 Å². The highest BCUT2D eigenvalue weighted by Gasteiger charge is 2.31. The lowest BCUT2D eigenvalue weighted by Crippen LogP contribution is -2.10. The number of rotatable bonds is 1. The fourth-order valence-electron chi connectivity index (χ4n) is 2.14. The Morgan fingerprint density at radius 3 is 2.43 bits per heavy atom. The maximum atomic E-state index is 12.9. The Hall–Kier alpha value is -1.67. The van der Waals surface area contributed by atoms with Crippen molar-refractivity contribution in [1.82, 2.24) is 9.97 Å². The quantitative estimate of drug-likeness (QED) is 0.561. The summed E-state index contributed by atoms with van der Waals surface area (Å²) >= 11 is 6.31. The van der Waals surface area contributed by atoms with E-state index >= 15 is 0 Å². The molecule has 0 saturated heterocycles. The number of hydrogen-bond acceptors (Lipinski definition) is 2. The number of benzene rings is 2. The maximum Gasteiger partial charge on any atom is 0.416 e. The van der Waals surface area contributed by atoms with E-state index < -0.39 is 17.3 Å². The Labute approximate surface area is 144 Å². The third kappa shape index (κ3) is 3.32. The molecule has 0 saturated carbocycles. The first-order chi connectivity index (χ1) is 10.7. The molecular weight excluding hydrogens is 441 g/mol. The second-order valence-electron chi connectivity index (χ2n) is 4.80. The van der Waals surface area contributed by atoms with Crippen LogP contribution in [0.25, 0.3) is 22.3 Å². The van der Waals surface area contributed by atoms with Gasteiger partial charge in [-0.1, -0.05) is 31.9 Å². The van der Waals surface area contributed by atoms with E-state index in [1.165, 1.54) is 6.07 Å². The van der Waals surface area contributed by atoms with Crippen molar-refractivity contribution < 1.29 is 13.2 Å². The van der Waals surface area contributed by atoms with Crippen LogP contribution in [0.1, 0.15) is 5.56 Å². The smallest absolute Gasteiger partial charge is 0.306 e. The van der Waals surface area contributed by atoms with Crippen molar-refractivity contribution in [3.8, 4) is 11.4 Å². The van der Waals surface area contributed by atoms with Gasteiger partial charge in [0.2, 0.25) is 0 Å². The summed E-state index contributed by atoms with van der Waals surface area (Å²) in [5.74, 6) is 0.0802. The summed E-state index contributed by atoms with van der Waals surface area (Å²) < 4.78 is 39.7. The average molecular weight is 448 g/mol. The Morgan fingerprint density at radius 2 is 1.74 bits per heavy atom. The summed E-state index contributed by atoms with van der Waals surface area (Å²) in [4.78, 5) is 18.9. The number of aromatic nitrogens is 2. The van der Waals surface area contributed by atoms with Gasteiger partial charge in [-0.3, -0.25) is 4.79 Å². The summed E-state index contributed by atoms with van der Waals surface area (Å²) in [6.07, 6.45) is -4.49. The first-order valence-electron chi connectivity index (χ1n) is 6.32. The highest BCUT2D eigenvalue weighted by atomic mass is 79.9. The van der Waals surface area contributed by atoms with Crippen LogP contribution in [0.3, 0.4) is 0 Å². The molecule has 118 valence electrons. The van der Waals surface area contributed by atoms with E-state index in [1.807, 2.05) is 0 Å². The largest absolute Gasteiger partial charge is 0.416 e. The van der Waals surface area contributed by atoms with Crippen molar-refractivity contribution in [2.24, 2.45) is 0 Å². The molecule has 3 aromatic rings. The molecule has 0 aliphatic heterocycles. The number of alkyl halides is 3. The number of nitrogens with zero attached hydrogens (tertiary/aromatic N) is 1. The minimum atomic E-state index is -4.49. The van der Waals surface area contributed by atoms with E-state index in [0.29, 0.717) is 15.4 Å². The van der Waals surface area contributed by atoms with Gasteiger partial charge in [-0.15, -0.1) is 0 Å². The van der Waals surface area contributed by atoms with Crippen molar-refractivity contribution in [2.75, 3.05) is 0 Å². The van der Waals surface area contributed by atoms with E-state index in [-0.39, 0.29) is 15.9 Å². The van der Waals surface area contributed by atoms with Crippen molar-refractivity contribution in [1.29, 1.82) is 0 Å². The molecule has 8 heteroatoms. The van der Waals surface area contributed by atoms with Crippen molar-refractivity contribution in [2.45, 2.75) is 6.18 Å². The van der Waals surface area contributed by atoms with Crippen LogP contribution in [0.4, 0.5) is 13.2 Å². The standard InChI is InChI=1S/C15H7Br2F3N2O/c16-9-1-2-12-11(6-9)14(23)22-13(21-12)7-3-8(15(18,19)20)5-10(17)4-7/h1-6H,(H,21,22,23). The molecule has 0 atom stereocenters. The van der Waals surface area contributed by atoms with E-state index in [0.717, 1.165) is 12.1 Å². The van der Waals surface area contributed by atoms with Crippen LogP contribution in [0.15, 0.2) is 50.1 Å². The van der Waals surface area contributed by atoms with Gasteiger partial charge in [0, 0.05) is 14.5 Å². The molecular formula is C15H7Br2F3N2O. The summed E-state index contributed by atoms with van der Waals surface area (Å²) in [6, 6.07) is 8.33. The van der Waals surface area contributed by atoms with Crippen molar-refractivity contribution in [3.63, 3.8) is 0 Å². The molecule has 0 radical (unpaired) electrons. The zero-order chi connectivity index (χ0) is 16.8. The summed E-state index contributed by atoms with van der Waals surface area (Å²) in [6.45, 7) is 0. The lowest BCUT2D eigenvalue weighted by molar-refractivity contribution is -0.137. The minimum absolute atomic E-state index is 0.0802. The summed E-state index contributed by atoms with van der Waals surface area (Å²) in [7, 11) is 0. The number of nitrogens with one attached hydrogen (secondary N) is 1. The fraction of sp³-hybridized carbons (Fsp3) is 0.0667. The van der Waals surface area contributed by atoms with Gasteiger partial charge in [0.1, 0.15) is 5.82 Å². The van der Waals surface area contributed by atoms with Gasteiger partial charge in [-0.05, 0) is 36.4 Å². The first-order valence-corrected chi connectivity index (χ1v) is 7.90. The normalized spacial score (nSPS) is 11.9. The molecule has 1 N–H and O–H groups in total. The molecule has 0 aliphatic carbocycles. The van der Waals surface area contributed by atoms with Crippen LogP contribution in [0.2, 0.25) is 0 Å². The summed E-state index contributed by atoms with van der Waals surface area (Å²) in [5.41, 5.74) is -0.658. The van der Waals surface area contributed by atoms with Gasteiger partial charge < -0.3 is 4.98 Å². The molecule has 3 rings (SSSR count). The third-order valence-corrected chi connectivity index (χ3v) is 4.12. The molecule has 2 aromatic carbocycles. The van der Waals surface area contributed by atoms with Gasteiger partial charge in [0.15, 0.2) is 0 Å². The molecule has 0 fully saturated rings. The van der Waals surface area contributed by atoms with E-state index in [2.05, 4.69) is 41.8 Å². The second kappa shape index (κ2) is 5.76. The Kier molecular flexibility index (Phi) is 4.05. The third-order valence-electron chi connectivity index (χ3n) is 3.17. The Bertz CT molecular complexity index is 967. The van der Waals surface area contributed by atoms with Gasteiger partial charge in [-0.25, -0.2) is 4.98 Å². The van der Waals surface area contributed by atoms with Crippen LogP contribution in [-0.2, 0) is 6.18 Å². The average Bonchev–Trinajstić information content (AvgIpc) is 2.46. The number of aromatic amines is 1. The number of fused-ring (bicyclic) bond motifs is 1.